The van der Waals surface area contributed by atoms with Gasteiger partial charge in [0.05, 0.1) is 12.3 Å². The number of esters is 1. The van der Waals surface area contributed by atoms with Gasteiger partial charge in [0.25, 0.3) is 0 Å². The first-order chi connectivity index (χ1) is 11.6. The molecule has 0 aliphatic rings. The highest BCUT2D eigenvalue weighted by molar-refractivity contribution is 5.87. The molecule has 5 heteroatoms. The molecule has 3 rings (SSSR count). The molecule has 0 saturated carbocycles. The quantitative estimate of drug-likeness (QED) is 0.662. The number of aromatic nitrogens is 1. The first-order valence-electron chi connectivity index (χ1n) is 7.83. The standard InChI is InChI=1S/C19H19NO4/c1-4-22-18(21)11-23-17-8-7-14-9-16(6-5-15(14)10-17)19-20-12(2)13(3)24-19/h5-10H,4,11H2,1-3H3. The topological polar surface area (TPSA) is 61.6 Å². The lowest BCUT2D eigenvalue weighted by Gasteiger charge is -2.07. The third-order valence-corrected chi connectivity index (χ3v) is 3.75. The molecule has 2 aromatic carbocycles. The number of carbonyl (C=O) groups excluding carboxylic acids is 1. The second kappa shape index (κ2) is 6.74. The minimum Gasteiger partial charge on any atom is -0.482 e. The van der Waals surface area contributed by atoms with Gasteiger partial charge in [-0.15, -0.1) is 0 Å². The molecule has 0 amide bonds. The van der Waals surface area contributed by atoms with Gasteiger partial charge in [0.2, 0.25) is 5.89 Å². The van der Waals surface area contributed by atoms with Gasteiger partial charge in [0.15, 0.2) is 6.61 Å². The van der Waals surface area contributed by atoms with E-state index in [0.717, 1.165) is 27.8 Å². The summed E-state index contributed by atoms with van der Waals surface area (Å²) >= 11 is 0. The van der Waals surface area contributed by atoms with Gasteiger partial charge in [0, 0.05) is 5.56 Å². The average molecular weight is 325 g/mol. The van der Waals surface area contributed by atoms with E-state index in [1.807, 2.05) is 50.2 Å². The molecule has 0 saturated heterocycles. The molecule has 0 spiro atoms. The molecular weight excluding hydrogens is 306 g/mol. The maximum atomic E-state index is 11.3. The van der Waals surface area contributed by atoms with Crippen molar-refractivity contribution in [2.75, 3.05) is 13.2 Å². The predicted octanol–water partition coefficient (Wildman–Crippen LogP) is 4.05. The largest absolute Gasteiger partial charge is 0.482 e. The molecule has 0 atom stereocenters. The monoisotopic (exact) mass is 325 g/mol. The van der Waals surface area contributed by atoms with Crippen LogP contribution in [0.2, 0.25) is 0 Å². The summed E-state index contributed by atoms with van der Waals surface area (Å²) in [7, 11) is 0. The van der Waals surface area contributed by atoms with Crippen LogP contribution in [0.1, 0.15) is 18.4 Å². The predicted molar refractivity (Wildman–Crippen MR) is 91.0 cm³/mol. The van der Waals surface area contributed by atoms with Gasteiger partial charge in [-0.1, -0.05) is 12.1 Å². The number of benzene rings is 2. The summed E-state index contributed by atoms with van der Waals surface area (Å²) in [5.74, 6) is 1.70. The number of oxazole rings is 1. The van der Waals surface area contributed by atoms with Crippen molar-refractivity contribution in [3.05, 3.63) is 47.9 Å². The average Bonchev–Trinajstić information content (AvgIpc) is 2.92. The van der Waals surface area contributed by atoms with E-state index >= 15 is 0 Å². The van der Waals surface area contributed by atoms with E-state index in [2.05, 4.69) is 4.98 Å². The summed E-state index contributed by atoms with van der Waals surface area (Å²) in [5, 5.41) is 2.06. The first kappa shape index (κ1) is 16.1. The Morgan fingerprint density at radius 3 is 2.58 bits per heavy atom. The van der Waals surface area contributed by atoms with Crippen molar-refractivity contribution in [3.8, 4) is 17.2 Å². The van der Waals surface area contributed by atoms with Crippen molar-refractivity contribution in [2.24, 2.45) is 0 Å². The van der Waals surface area contributed by atoms with E-state index in [1.54, 1.807) is 6.92 Å². The van der Waals surface area contributed by atoms with Crippen molar-refractivity contribution in [3.63, 3.8) is 0 Å². The number of hydrogen-bond acceptors (Lipinski definition) is 5. The van der Waals surface area contributed by atoms with E-state index in [4.69, 9.17) is 13.9 Å². The molecule has 0 N–H and O–H groups in total. The first-order valence-corrected chi connectivity index (χ1v) is 7.83. The molecule has 0 aliphatic heterocycles. The fraction of sp³-hybridized carbons (Fsp3) is 0.263. The SMILES string of the molecule is CCOC(=O)COc1ccc2cc(-c3nc(C)c(C)o3)ccc2c1. The second-order valence-corrected chi connectivity index (χ2v) is 5.48. The lowest BCUT2D eigenvalue weighted by atomic mass is 10.1. The number of carbonyl (C=O) groups is 1. The Kier molecular flexibility index (Phi) is 4.51. The third-order valence-electron chi connectivity index (χ3n) is 3.75. The van der Waals surface area contributed by atoms with Gasteiger partial charge in [0.1, 0.15) is 11.5 Å². The number of fused-ring (bicyclic) bond motifs is 1. The maximum Gasteiger partial charge on any atom is 0.344 e. The Labute approximate surface area is 140 Å². The smallest absolute Gasteiger partial charge is 0.344 e. The molecule has 5 nitrogen and oxygen atoms in total. The van der Waals surface area contributed by atoms with Gasteiger partial charge >= 0.3 is 5.97 Å². The normalized spacial score (nSPS) is 10.8. The van der Waals surface area contributed by atoms with Gasteiger partial charge in [-0.3, -0.25) is 0 Å². The second-order valence-electron chi connectivity index (χ2n) is 5.48. The summed E-state index contributed by atoms with van der Waals surface area (Å²) < 4.78 is 16.0. The highest BCUT2D eigenvalue weighted by Crippen LogP contribution is 2.27. The van der Waals surface area contributed by atoms with Crippen LogP contribution in [-0.4, -0.2) is 24.2 Å². The molecule has 0 bridgehead atoms. The summed E-state index contributed by atoms with van der Waals surface area (Å²) in [6.45, 7) is 5.85. The molecule has 24 heavy (non-hydrogen) atoms. The van der Waals surface area contributed by atoms with Gasteiger partial charge in [-0.05, 0) is 55.8 Å². The Hall–Kier alpha value is -2.82. The number of nitrogens with zero attached hydrogens (tertiary/aromatic N) is 1. The van der Waals surface area contributed by atoms with E-state index in [1.165, 1.54) is 0 Å². The third kappa shape index (κ3) is 3.40. The van der Waals surface area contributed by atoms with Gasteiger partial charge in [-0.25, -0.2) is 9.78 Å². The molecular formula is C19H19NO4. The fourth-order valence-corrected chi connectivity index (χ4v) is 2.39. The Morgan fingerprint density at radius 2 is 1.88 bits per heavy atom. The summed E-state index contributed by atoms with van der Waals surface area (Å²) in [4.78, 5) is 15.8. The van der Waals surface area contributed by atoms with Crippen LogP contribution in [0.25, 0.3) is 22.2 Å². The van der Waals surface area contributed by atoms with E-state index in [0.29, 0.717) is 18.2 Å². The van der Waals surface area contributed by atoms with Gasteiger partial charge in [-0.2, -0.15) is 0 Å². The minimum absolute atomic E-state index is 0.0910. The molecule has 1 aromatic heterocycles. The summed E-state index contributed by atoms with van der Waals surface area (Å²) in [5.41, 5.74) is 1.83. The number of ether oxygens (including phenoxy) is 2. The van der Waals surface area contributed by atoms with Crippen LogP contribution in [-0.2, 0) is 9.53 Å². The number of aryl methyl sites for hydroxylation is 2. The van der Waals surface area contributed by atoms with E-state index in [-0.39, 0.29) is 12.6 Å². The van der Waals surface area contributed by atoms with Crippen LogP contribution in [0.15, 0.2) is 40.8 Å². The highest BCUT2D eigenvalue weighted by Gasteiger charge is 2.09. The zero-order valence-corrected chi connectivity index (χ0v) is 14.0. The van der Waals surface area contributed by atoms with Crippen LogP contribution < -0.4 is 4.74 Å². The molecule has 0 radical (unpaired) electrons. The van der Waals surface area contributed by atoms with Crippen molar-refractivity contribution >= 4 is 16.7 Å². The Balaban J connectivity index is 1.82. The van der Waals surface area contributed by atoms with Crippen molar-refractivity contribution in [2.45, 2.75) is 20.8 Å². The van der Waals surface area contributed by atoms with Crippen molar-refractivity contribution < 1.29 is 18.7 Å². The molecule has 1 heterocycles. The number of rotatable bonds is 5. The lowest BCUT2D eigenvalue weighted by Crippen LogP contribution is -2.14. The molecule has 0 fully saturated rings. The van der Waals surface area contributed by atoms with Crippen LogP contribution in [0.3, 0.4) is 0 Å². The van der Waals surface area contributed by atoms with Crippen LogP contribution in [0.5, 0.6) is 5.75 Å². The number of hydrogen-bond donors (Lipinski definition) is 0. The molecule has 124 valence electrons. The molecule has 0 unspecified atom stereocenters. The summed E-state index contributed by atoms with van der Waals surface area (Å²) in [6, 6.07) is 11.6. The zero-order valence-electron chi connectivity index (χ0n) is 14.0. The molecule has 0 aliphatic carbocycles. The summed E-state index contributed by atoms with van der Waals surface area (Å²) in [6.07, 6.45) is 0. The zero-order chi connectivity index (χ0) is 17.1. The fourth-order valence-electron chi connectivity index (χ4n) is 2.39. The lowest BCUT2D eigenvalue weighted by molar-refractivity contribution is -0.145. The van der Waals surface area contributed by atoms with Crippen LogP contribution >= 0.6 is 0 Å². The van der Waals surface area contributed by atoms with Crippen LogP contribution in [0, 0.1) is 13.8 Å². The maximum absolute atomic E-state index is 11.3. The van der Waals surface area contributed by atoms with E-state index < -0.39 is 0 Å². The molecule has 3 aromatic rings. The van der Waals surface area contributed by atoms with Crippen LogP contribution in [0.4, 0.5) is 0 Å². The van der Waals surface area contributed by atoms with Crippen molar-refractivity contribution in [1.29, 1.82) is 0 Å². The Bertz CT molecular complexity index is 863. The highest BCUT2D eigenvalue weighted by atomic mass is 16.6. The minimum atomic E-state index is -0.373. The van der Waals surface area contributed by atoms with E-state index in [9.17, 15) is 4.79 Å². The Morgan fingerprint density at radius 1 is 1.12 bits per heavy atom. The van der Waals surface area contributed by atoms with Crippen molar-refractivity contribution in [1.82, 2.24) is 4.98 Å². The van der Waals surface area contributed by atoms with Gasteiger partial charge < -0.3 is 13.9 Å².